The first-order chi connectivity index (χ1) is 8.91. The van der Waals surface area contributed by atoms with Gasteiger partial charge in [-0.25, -0.2) is 8.78 Å². The lowest BCUT2D eigenvalue weighted by molar-refractivity contribution is -0.141. The highest BCUT2D eigenvalue weighted by Gasteiger charge is 2.33. The molecule has 2 unspecified atom stereocenters. The van der Waals surface area contributed by atoms with Gasteiger partial charge in [0.25, 0.3) is 0 Å². The van der Waals surface area contributed by atoms with Crippen LogP contribution in [0.4, 0.5) is 8.78 Å². The molecule has 1 heterocycles. The fraction of sp³-hybridized carbons (Fsp3) is 0.500. The Hall–Kier alpha value is -1.49. The van der Waals surface area contributed by atoms with Gasteiger partial charge in [0.1, 0.15) is 11.6 Å². The van der Waals surface area contributed by atoms with Gasteiger partial charge < -0.3 is 10.4 Å². The average molecular weight is 269 g/mol. The molecule has 1 aromatic rings. The van der Waals surface area contributed by atoms with Crippen LogP contribution in [0.25, 0.3) is 0 Å². The first-order valence-corrected chi connectivity index (χ1v) is 6.35. The lowest BCUT2D eigenvalue weighted by atomic mass is 9.94. The van der Waals surface area contributed by atoms with Crippen LogP contribution in [0, 0.1) is 17.6 Å². The van der Waals surface area contributed by atoms with E-state index < -0.39 is 29.6 Å². The van der Waals surface area contributed by atoms with Gasteiger partial charge in [-0.1, -0.05) is 19.9 Å². The van der Waals surface area contributed by atoms with E-state index in [4.69, 9.17) is 5.11 Å². The topological polar surface area (TPSA) is 49.3 Å². The summed E-state index contributed by atoms with van der Waals surface area (Å²) in [5.74, 6) is -2.75. The molecule has 5 heteroatoms. The van der Waals surface area contributed by atoms with E-state index in [0.717, 1.165) is 0 Å². The molecule has 0 aromatic heterocycles. The molecule has 1 aliphatic rings. The molecule has 19 heavy (non-hydrogen) atoms. The van der Waals surface area contributed by atoms with Crippen LogP contribution < -0.4 is 5.32 Å². The lowest BCUT2D eigenvalue weighted by Gasteiger charge is -2.17. The van der Waals surface area contributed by atoms with E-state index >= 15 is 0 Å². The number of carboxylic acids is 1. The summed E-state index contributed by atoms with van der Waals surface area (Å²) in [6, 6.07) is 2.13. The molecule has 2 atom stereocenters. The molecule has 2 N–H and O–H groups in total. The normalized spacial score (nSPS) is 23.0. The zero-order valence-electron chi connectivity index (χ0n) is 10.9. The highest BCUT2D eigenvalue weighted by molar-refractivity contribution is 5.70. The first kappa shape index (κ1) is 13.9. The Morgan fingerprint density at radius 1 is 1.42 bits per heavy atom. The summed E-state index contributed by atoms with van der Waals surface area (Å²) in [7, 11) is 0. The molecule has 0 radical (unpaired) electrons. The van der Waals surface area contributed by atoms with Gasteiger partial charge >= 0.3 is 5.97 Å². The Morgan fingerprint density at radius 3 is 2.63 bits per heavy atom. The minimum atomic E-state index is -0.934. The molecule has 1 aromatic carbocycles. The van der Waals surface area contributed by atoms with Gasteiger partial charge in [0.05, 0.1) is 5.92 Å². The Labute approximate surface area is 110 Å². The van der Waals surface area contributed by atoms with Gasteiger partial charge in [-0.3, -0.25) is 4.79 Å². The van der Waals surface area contributed by atoms with Gasteiger partial charge in [0.2, 0.25) is 0 Å². The van der Waals surface area contributed by atoms with E-state index in [1.54, 1.807) is 0 Å². The van der Waals surface area contributed by atoms with Gasteiger partial charge in [-0.05, 0) is 24.0 Å². The van der Waals surface area contributed by atoms with Crippen molar-refractivity contribution in [2.75, 3.05) is 6.54 Å². The second-order valence-corrected chi connectivity index (χ2v) is 5.25. The van der Waals surface area contributed by atoms with Gasteiger partial charge in [0.15, 0.2) is 0 Å². The summed E-state index contributed by atoms with van der Waals surface area (Å²) in [6.45, 7) is 3.91. The number of hydrogen-bond acceptors (Lipinski definition) is 2. The SMILES string of the molecule is CC(C)c1ccc(F)c(C2CC(C(=O)O)CN2)c1F. The van der Waals surface area contributed by atoms with Crippen molar-refractivity contribution in [1.29, 1.82) is 0 Å². The van der Waals surface area contributed by atoms with Crippen LogP contribution in [0.2, 0.25) is 0 Å². The van der Waals surface area contributed by atoms with Crippen molar-refractivity contribution in [3.05, 3.63) is 34.9 Å². The summed E-state index contributed by atoms with van der Waals surface area (Å²) < 4.78 is 28.2. The van der Waals surface area contributed by atoms with Crippen molar-refractivity contribution in [3.8, 4) is 0 Å². The van der Waals surface area contributed by atoms with Gasteiger partial charge in [-0.15, -0.1) is 0 Å². The molecule has 1 saturated heterocycles. The molecular formula is C14H17F2NO2. The second-order valence-electron chi connectivity index (χ2n) is 5.25. The van der Waals surface area contributed by atoms with Crippen LogP contribution in [-0.4, -0.2) is 17.6 Å². The zero-order valence-corrected chi connectivity index (χ0v) is 10.9. The maximum Gasteiger partial charge on any atom is 0.307 e. The standard InChI is InChI=1S/C14H17F2NO2/c1-7(2)9-3-4-10(15)12(13(9)16)11-5-8(6-17-11)14(18)19/h3-4,7-8,11,17H,5-6H2,1-2H3,(H,18,19). The second kappa shape index (κ2) is 5.25. The van der Waals surface area contributed by atoms with E-state index in [0.29, 0.717) is 5.56 Å². The molecule has 1 fully saturated rings. The fourth-order valence-electron chi connectivity index (χ4n) is 2.50. The summed E-state index contributed by atoms with van der Waals surface area (Å²) in [5.41, 5.74) is 0.423. The third kappa shape index (κ3) is 2.61. The van der Waals surface area contributed by atoms with E-state index in [1.165, 1.54) is 12.1 Å². The van der Waals surface area contributed by atoms with Gasteiger partial charge in [0, 0.05) is 18.2 Å². The molecule has 104 valence electrons. The largest absolute Gasteiger partial charge is 0.481 e. The molecule has 0 amide bonds. The minimum absolute atomic E-state index is 0.0325. The van der Waals surface area contributed by atoms with Crippen LogP contribution in [0.3, 0.4) is 0 Å². The number of halogens is 2. The van der Waals surface area contributed by atoms with Crippen LogP contribution in [0.1, 0.15) is 43.4 Å². The molecule has 0 saturated carbocycles. The third-order valence-electron chi connectivity index (χ3n) is 3.61. The molecule has 0 aliphatic carbocycles. The number of benzene rings is 1. The monoisotopic (exact) mass is 269 g/mol. The molecular weight excluding hydrogens is 252 g/mol. The molecule has 0 spiro atoms. The van der Waals surface area contributed by atoms with Crippen molar-refractivity contribution in [2.24, 2.45) is 5.92 Å². The number of rotatable bonds is 3. The van der Waals surface area contributed by atoms with Crippen molar-refractivity contribution >= 4 is 5.97 Å². The summed E-state index contributed by atoms with van der Waals surface area (Å²) in [4.78, 5) is 10.9. The van der Waals surface area contributed by atoms with E-state index in [1.807, 2.05) is 13.8 Å². The summed E-state index contributed by atoms with van der Waals surface area (Å²) in [6.07, 6.45) is 0.213. The minimum Gasteiger partial charge on any atom is -0.481 e. The number of aliphatic carboxylic acids is 1. The van der Waals surface area contributed by atoms with E-state index in [-0.39, 0.29) is 24.4 Å². The quantitative estimate of drug-likeness (QED) is 0.887. The molecule has 1 aliphatic heterocycles. The van der Waals surface area contributed by atoms with E-state index in [2.05, 4.69) is 5.32 Å². The number of carbonyl (C=O) groups is 1. The lowest BCUT2D eigenvalue weighted by Crippen LogP contribution is -2.18. The summed E-state index contributed by atoms with van der Waals surface area (Å²) in [5, 5.41) is 11.8. The van der Waals surface area contributed by atoms with Crippen molar-refractivity contribution in [3.63, 3.8) is 0 Å². The highest BCUT2D eigenvalue weighted by atomic mass is 19.1. The van der Waals surface area contributed by atoms with Crippen molar-refractivity contribution in [2.45, 2.75) is 32.2 Å². The third-order valence-corrected chi connectivity index (χ3v) is 3.61. The number of hydrogen-bond donors (Lipinski definition) is 2. The Morgan fingerprint density at radius 2 is 2.11 bits per heavy atom. The van der Waals surface area contributed by atoms with Gasteiger partial charge in [-0.2, -0.15) is 0 Å². The maximum absolute atomic E-state index is 14.3. The predicted molar refractivity (Wildman–Crippen MR) is 66.9 cm³/mol. The zero-order chi connectivity index (χ0) is 14.2. The molecule has 0 bridgehead atoms. The van der Waals surface area contributed by atoms with Crippen LogP contribution in [-0.2, 0) is 4.79 Å². The van der Waals surface area contributed by atoms with Crippen molar-refractivity contribution < 1.29 is 18.7 Å². The fourth-order valence-corrected chi connectivity index (χ4v) is 2.50. The Balaban J connectivity index is 2.35. The molecule has 2 rings (SSSR count). The smallest absolute Gasteiger partial charge is 0.307 e. The first-order valence-electron chi connectivity index (χ1n) is 6.35. The summed E-state index contributed by atoms with van der Waals surface area (Å²) >= 11 is 0. The molecule has 3 nitrogen and oxygen atoms in total. The number of carboxylic acid groups (broad SMARTS) is 1. The predicted octanol–water partition coefficient (Wildman–Crippen LogP) is 2.82. The highest BCUT2D eigenvalue weighted by Crippen LogP contribution is 2.33. The average Bonchev–Trinajstić information content (AvgIpc) is 2.78. The van der Waals surface area contributed by atoms with Crippen LogP contribution in [0.5, 0.6) is 0 Å². The number of nitrogens with one attached hydrogen (secondary N) is 1. The van der Waals surface area contributed by atoms with Crippen LogP contribution >= 0.6 is 0 Å². The Bertz CT molecular complexity index is 502. The maximum atomic E-state index is 14.3. The Kier molecular flexibility index (Phi) is 3.85. The van der Waals surface area contributed by atoms with Crippen LogP contribution in [0.15, 0.2) is 12.1 Å². The van der Waals surface area contributed by atoms with E-state index in [9.17, 15) is 13.6 Å². The van der Waals surface area contributed by atoms with Crippen molar-refractivity contribution in [1.82, 2.24) is 5.32 Å².